The van der Waals surface area contributed by atoms with Crippen LogP contribution in [0, 0.1) is 11.7 Å². The second-order valence-corrected chi connectivity index (χ2v) is 9.69. The number of carbonyl (C=O) groups is 2. The SMILES string of the molecule is CC(=O)c1ccc(C(=O)N(CCN(C)C)C[C@@H]2CCCN(Cc3ccccc3F)C2)s1. The molecule has 2 aromatic rings. The first-order valence-corrected chi connectivity index (χ1v) is 11.7. The summed E-state index contributed by atoms with van der Waals surface area (Å²) in [6.45, 7) is 6.02. The van der Waals surface area contributed by atoms with E-state index in [9.17, 15) is 14.0 Å². The Labute approximate surface area is 188 Å². The second-order valence-electron chi connectivity index (χ2n) is 8.61. The predicted molar refractivity (Wildman–Crippen MR) is 123 cm³/mol. The number of Topliss-reactive ketones (excluding diaryl/α,β-unsaturated/α-hetero) is 1. The molecule has 5 nitrogen and oxygen atoms in total. The lowest BCUT2D eigenvalue weighted by Gasteiger charge is -2.36. The van der Waals surface area contributed by atoms with Crippen molar-refractivity contribution in [3.05, 3.63) is 57.5 Å². The van der Waals surface area contributed by atoms with Gasteiger partial charge < -0.3 is 9.80 Å². The van der Waals surface area contributed by atoms with Crippen LogP contribution in [0.25, 0.3) is 0 Å². The lowest BCUT2D eigenvalue weighted by Crippen LogP contribution is -2.44. The summed E-state index contributed by atoms with van der Waals surface area (Å²) in [6, 6.07) is 10.4. The Hall–Kier alpha value is -2.09. The minimum Gasteiger partial charge on any atom is -0.336 e. The van der Waals surface area contributed by atoms with Crippen LogP contribution in [0.5, 0.6) is 0 Å². The molecule has 1 aromatic heterocycles. The first kappa shape index (κ1) is 23.6. The van der Waals surface area contributed by atoms with Crippen LogP contribution in [-0.2, 0) is 6.54 Å². The van der Waals surface area contributed by atoms with Crippen LogP contribution in [0.3, 0.4) is 0 Å². The number of thiophene rings is 1. The van der Waals surface area contributed by atoms with E-state index >= 15 is 0 Å². The number of hydrogen-bond donors (Lipinski definition) is 0. The van der Waals surface area contributed by atoms with Gasteiger partial charge in [0.1, 0.15) is 5.82 Å². The number of nitrogens with zero attached hydrogens (tertiary/aromatic N) is 3. The standard InChI is InChI=1S/C24H32FN3O2S/c1-18(29)22-10-11-23(31-22)24(30)28(14-13-26(2)3)16-19-7-6-12-27(15-19)17-20-8-4-5-9-21(20)25/h4-5,8-11,19H,6-7,12-17H2,1-3H3/t19-/m1/s1. The summed E-state index contributed by atoms with van der Waals surface area (Å²) in [5.74, 6) is 0.163. The quantitative estimate of drug-likeness (QED) is 0.547. The molecule has 0 unspecified atom stereocenters. The topological polar surface area (TPSA) is 43.9 Å². The maximum Gasteiger partial charge on any atom is 0.263 e. The largest absolute Gasteiger partial charge is 0.336 e. The summed E-state index contributed by atoms with van der Waals surface area (Å²) in [5, 5.41) is 0. The number of benzene rings is 1. The molecule has 1 aliphatic heterocycles. The highest BCUT2D eigenvalue weighted by atomic mass is 32.1. The lowest BCUT2D eigenvalue weighted by atomic mass is 9.96. The van der Waals surface area contributed by atoms with Crippen LogP contribution >= 0.6 is 11.3 Å². The maximum absolute atomic E-state index is 14.1. The van der Waals surface area contributed by atoms with Gasteiger partial charge in [0, 0.05) is 38.3 Å². The van der Waals surface area contributed by atoms with Crippen LogP contribution in [0.15, 0.2) is 36.4 Å². The molecule has 1 aromatic carbocycles. The molecule has 1 saturated heterocycles. The van der Waals surface area contributed by atoms with Crippen molar-refractivity contribution in [2.24, 2.45) is 5.92 Å². The summed E-state index contributed by atoms with van der Waals surface area (Å²) >= 11 is 1.27. The van der Waals surface area contributed by atoms with Gasteiger partial charge in [0.05, 0.1) is 9.75 Å². The first-order chi connectivity index (χ1) is 14.8. The van der Waals surface area contributed by atoms with Gasteiger partial charge in [-0.05, 0) is 64.5 Å². The van der Waals surface area contributed by atoms with Gasteiger partial charge in [0.25, 0.3) is 5.91 Å². The van der Waals surface area contributed by atoms with Crippen molar-refractivity contribution in [1.29, 1.82) is 0 Å². The third-order valence-electron chi connectivity index (χ3n) is 5.70. The van der Waals surface area contributed by atoms with Gasteiger partial charge in [-0.2, -0.15) is 0 Å². The molecule has 2 heterocycles. The molecule has 0 bridgehead atoms. The molecule has 0 spiro atoms. The number of hydrogen-bond acceptors (Lipinski definition) is 5. The Kier molecular flexibility index (Phi) is 8.35. The molecule has 1 amide bonds. The van der Waals surface area contributed by atoms with Gasteiger partial charge in [-0.3, -0.25) is 14.5 Å². The van der Waals surface area contributed by atoms with E-state index < -0.39 is 0 Å². The molecule has 1 fully saturated rings. The van der Waals surface area contributed by atoms with Gasteiger partial charge in [0.15, 0.2) is 5.78 Å². The average Bonchev–Trinajstić information content (AvgIpc) is 3.23. The summed E-state index contributed by atoms with van der Waals surface area (Å²) < 4.78 is 14.1. The fourth-order valence-corrected chi connectivity index (χ4v) is 4.89. The van der Waals surface area contributed by atoms with Gasteiger partial charge in [-0.25, -0.2) is 4.39 Å². The molecule has 0 N–H and O–H groups in total. The lowest BCUT2D eigenvalue weighted by molar-refractivity contribution is 0.0664. The summed E-state index contributed by atoms with van der Waals surface area (Å²) in [5.41, 5.74) is 0.721. The molecule has 0 aliphatic carbocycles. The summed E-state index contributed by atoms with van der Waals surface area (Å²) in [4.78, 5) is 32.4. The fourth-order valence-electron chi connectivity index (χ4n) is 4.02. The summed E-state index contributed by atoms with van der Waals surface area (Å²) in [7, 11) is 4.00. The van der Waals surface area contributed by atoms with Crippen LogP contribution < -0.4 is 0 Å². The minimum atomic E-state index is -0.161. The number of likely N-dealkylation sites (N-methyl/N-ethyl adjacent to an activating group) is 1. The van der Waals surface area contributed by atoms with Crippen molar-refractivity contribution in [3.8, 4) is 0 Å². The molecule has 0 radical (unpaired) electrons. The van der Waals surface area contributed by atoms with Gasteiger partial charge in [-0.15, -0.1) is 11.3 Å². The van der Waals surface area contributed by atoms with Crippen molar-refractivity contribution in [2.75, 3.05) is 46.8 Å². The van der Waals surface area contributed by atoms with Gasteiger partial charge in [0.2, 0.25) is 0 Å². The number of ketones is 1. The Balaban J connectivity index is 1.67. The Morgan fingerprint density at radius 1 is 1.13 bits per heavy atom. The van der Waals surface area contributed by atoms with Crippen LogP contribution in [0.2, 0.25) is 0 Å². The number of piperidine rings is 1. The van der Waals surface area contributed by atoms with Crippen molar-refractivity contribution in [3.63, 3.8) is 0 Å². The molecule has 1 aliphatic rings. The van der Waals surface area contributed by atoms with Crippen LogP contribution in [0.4, 0.5) is 4.39 Å². The second kappa shape index (κ2) is 11.0. The third kappa shape index (κ3) is 6.69. The van der Waals surface area contributed by atoms with E-state index in [2.05, 4.69) is 9.80 Å². The monoisotopic (exact) mass is 445 g/mol. The number of amides is 1. The fraction of sp³-hybridized carbons (Fsp3) is 0.500. The molecule has 0 saturated carbocycles. The highest BCUT2D eigenvalue weighted by molar-refractivity contribution is 7.15. The van der Waals surface area contributed by atoms with Gasteiger partial charge in [-0.1, -0.05) is 18.2 Å². The van der Waals surface area contributed by atoms with E-state index in [1.165, 1.54) is 24.3 Å². The van der Waals surface area contributed by atoms with E-state index in [0.29, 0.717) is 35.3 Å². The Bertz CT molecular complexity index is 898. The van der Waals surface area contributed by atoms with Crippen LogP contribution in [0.1, 0.15) is 44.7 Å². The molecule has 168 valence electrons. The normalized spacial score (nSPS) is 17.1. The zero-order valence-corrected chi connectivity index (χ0v) is 19.5. The smallest absolute Gasteiger partial charge is 0.263 e. The highest BCUT2D eigenvalue weighted by Crippen LogP contribution is 2.23. The highest BCUT2D eigenvalue weighted by Gasteiger charge is 2.26. The number of halogens is 1. The van der Waals surface area contributed by atoms with Crippen molar-refractivity contribution >= 4 is 23.0 Å². The van der Waals surface area contributed by atoms with Crippen molar-refractivity contribution in [2.45, 2.75) is 26.3 Å². The molecule has 31 heavy (non-hydrogen) atoms. The minimum absolute atomic E-state index is 0.00872. The van der Waals surface area contributed by atoms with Gasteiger partial charge >= 0.3 is 0 Å². The number of carbonyl (C=O) groups excluding carboxylic acids is 2. The molecular weight excluding hydrogens is 413 g/mol. The van der Waals surface area contributed by atoms with E-state index in [-0.39, 0.29) is 17.5 Å². The van der Waals surface area contributed by atoms with E-state index in [1.54, 1.807) is 18.2 Å². The molecule has 3 rings (SSSR count). The third-order valence-corrected chi connectivity index (χ3v) is 6.88. The Morgan fingerprint density at radius 2 is 1.87 bits per heavy atom. The van der Waals surface area contributed by atoms with E-state index in [4.69, 9.17) is 0 Å². The maximum atomic E-state index is 14.1. The molecular formula is C24H32FN3O2S. The van der Waals surface area contributed by atoms with Crippen molar-refractivity contribution < 1.29 is 14.0 Å². The number of rotatable bonds is 9. The first-order valence-electron chi connectivity index (χ1n) is 10.8. The van der Waals surface area contributed by atoms with E-state index in [0.717, 1.165) is 38.0 Å². The number of likely N-dealkylation sites (tertiary alicyclic amines) is 1. The summed E-state index contributed by atoms with van der Waals surface area (Å²) in [6.07, 6.45) is 2.10. The van der Waals surface area contributed by atoms with Crippen LogP contribution in [-0.4, -0.2) is 73.2 Å². The zero-order valence-electron chi connectivity index (χ0n) is 18.6. The van der Waals surface area contributed by atoms with E-state index in [1.807, 2.05) is 31.1 Å². The zero-order chi connectivity index (χ0) is 22.4. The average molecular weight is 446 g/mol. The van der Waals surface area contributed by atoms with Crippen molar-refractivity contribution in [1.82, 2.24) is 14.7 Å². The molecule has 1 atom stereocenters. The Morgan fingerprint density at radius 3 is 2.55 bits per heavy atom. The molecule has 7 heteroatoms. The predicted octanol–water partition coefficient (Wildman–Crippen LogP) is 4.01.